The lowest BCUT2D eigenvalue weighted by atomic mass is 10.1. The summed E-state index contributed by atoms with van der Waals surface area (Å²) in [5.41, 5.74) is 3.17. The Kier molecular flexibility index (Phi) is 11.2. The summed E-state index contributed by atoms with van der Waals surface area (Å²) in [6, 6.07) is 15.8. The Labute approximate surface area is 180 Å². The molecule has 0 amide bonds. The van der Waals surface area contributed by atoms with Gasteiger partial charge in [0, 0.05) is 30.6 Å². The van der Waals surface area contributed by atoms with E-state index in [2.05, 4.69) is 48.3 Å². The Hall–Kier alpha value is -2.77. The highest BCUT2D eigenvalue weighted by Crippen LogP contribution is 2.18. The maximum Gasteiger partial charge on any atom is 0.341 e. The molecule has 0 radical (unpaired) electrons. The van der Waals surface area contributed by atoms with Gasteiger partial charge in [-0.3, -0.25) is 0 Å². The molecule has 0 spiro atoms. The Balaban J connectivity index is 1.72. The van der Waals surface area contributed by atoms with Crippen LogP contribution in [0.4, 0.5) is 0 Å². The number of ether oxygens (including phenoxy) is 1. The number of rotatable bonds is 13. The predicted molar refractivity (Wildman–Crippen MR) is 121 cm³/mol. The second-order valence-electron chi connectivity index (χ2n) is 7.41. The molecule has 2 rings (SSSR count). The molecule has 2 N–H and O–H groups in total. The van der Waals surface area contributed by atoms with Gasteiger partial charge >= 0.3 is 5.97 Å². The van der Waals surface area contributed by atoms with Crippen molar-refractivity contribution in [2.24, 2.45) is 0 Å². The van der Waals surface area contributed by atoms with Crippen LogP contribution in [0.5, 0.6) is 5.75 Å². The molecule has 0 aliphatic rings. The summed E-state index contributed by atoms with van der Waals surface area (Å²) in [4.78, 5) is 10.7. The third kappa shape index (κ3) is 9.62. The van der Waals surface area contributed by atoms with Gasteiger partial charge in [0.1, 0.15) is 5.75 Å². The van der Waals surface area contributed by atoms with E-state index in [0.717, 1.165) is 24.1 Å². The third-order valence-electron chi connectivity index (χ3n) is 4.81. The van der Waals surface area contributed by atoms with Gasteiger partial charge in [-0.25, -0.2) is 4.79 Å². The number of nitrogens with one attached hydrogen (secondary N) is 1. The number of unbranched alkanes of at least 4 members (excludes halogenated alkanes) is 6. The fourth-order valence-electron chi connectivity index (χ4n) is 3.14. The van der Waals surface area contributed by atoms with Crippen molar-refractivity contribution in [3.05, 3.63) is 65.2 Å². The standard InChI is InChI=1S/C26H33NO3/c1-2-3-4-5-6-7-8-9-12-22-15-17-23(18-16-22)19-27-20-24-13-10-11-14-25(24)30-21-26(28)29/h10-11,13-18,27H,2-8,19-21H2,1H3,(H,28,29). The Morgan fingerprint density at radius 1 is 0.967 bits per heavy atom. The van der Waals surface area contributed by atoms with Crippen LogP contribution in [0.15, 0.2) is 48.5 Å². The molecule has 0 aromatic heterocycles. The van der Waals surface area contributed by atoms with Gasteiger partial charge in [-0.2, -0.15) is 0 Å². The molecule has 2 aromatic rings. The lowest BCUT2D eigenvalue weighted by Gasteiger charge is -2.11. The van der Waals surface area contributed by atoms with Crippen LogP contribution in [0, 0.1) is 11.8 Å². The molecule has 0 fully saturated rings. The first-order chi connectivity index (χ1) is 14.7. The zero-order chi connectivity index (χ0) is 21.4. The minimum atomic E-state index is -0.979. The quantitative estimate of drug-likeness (QED) is 0.338. The Morgan fingerprint density at radius 3 is 2.47 bits per heavy atom. The molecule has 30 heavy (non-hydrogen) atoms. The number of para-hydroxylation sites is 1. The number of carboxylic acid groups (broad SMARTS) is 1. The summed E-state index contributed by atoms with van der Waals surface area (Å²) in [6.45, 7) is 3.23. The van der Waals surface area contributed by atoms with Gasteiger partial charge in [-0.05, 0) is 30.2 Å². The van der Waals surface area contributed by atoms with Crippen molar-refractivity contribution in [3.63, 3.8) is 0 Å². The van der Waals surface area contributed by atoms with Gasteiger partial charge in [0.15, 0.2) is 6.61 Å². The molecule has 0 heterocycles. The monoisotopic (exact) mass is 407 g/mol. The first-order valence-electron chi connectivity index (χ1n) is 10.9. The van der Waals surface area contributed by atoms with E-state index in [1.54, 1.807) is 6.07 Å². The number of hydrogen-bond donors (Lipinski definition) is 2. The SMILES string of the molecule is CCCCCCCCC#Cc1ccc(CNCc2ccccc2OCC(=O)O)cc1. The summed E-state index contributed by atoms with van der Waals surface area (Å²) in [5.74, 6) is 6.15. The van der Waals surface area contributed by atoms with Crippen LogP contribution in [0.25, 0.3) is 0 Å². The molecule has 0 aliphatic heterocycles. The van der Waals surface area contributed by atoms with Gasteiger partial charge in [0.05, 0.1) is 0 Å². The fourth-order valence-corrected chi connectivity index (χ4v) is 3.14. The van der Waals surface area contributed by atoms with Gasteiger partial charge in [-0.1, -0.05) is 81.2 Å². The van der Waals surface area contributed by atoms with E-state index in [1.807, 2.05) is 18.2 Å². The molecule has 0 unspecified atom stereocenters. The van der Waals surface area contributed by atoms with Crippen molar-refractivity contribution in [2.75, 3.05) is 6.61 Å². The molecule has 0 saturated carbocycles. The van der Waals surface area contributed by atoms with Crippen molar-refractivity contribution in [3.8, 4) is 17.6 Å². The minimum absolute atomic E-state index is 0.335. The molecule has 4 nitrogen and oxygen atoms in total. The van der Waals surface area contributed by atoms with Crippen LogP contribution in [-0.2, 0) is 17.9 Å². The van der Waals surface area contributed by atoms with Crippen molar-refractivity contribution < 1.29 is 14.6 Å². The highest BCUT2D eigenvalue weighted by Gasteiger charge is 2.05. The maximum atomic E-state index is 10.7. The van der Waals surface area contributed by atoms with E-state index < -0.39 is 5.97 Å². The summed E-state index contributed by atoms with van der Waals surface area (Å²) < 4.78 is 5.34. The van der Waals surface area contributed by atoms with E-state index in [-0.39, 0.29) is 6.61 Å². The molecule has 0 atom stereocenters. The van der Waals surface area contributed by atoms with E-state index in [9.17, 15) is 4.79 Å². The summed E-state index contributed by atoms with van der Waals surface area (Å²) in [5, 5.41) is 12.2. The number of hydrogen-bond acceptors (Lipinski definition) is 3. The third-order valence-corrected chi connectivity index (χ3v) is 4.81. The van der Waals surface area contributed by atoms with Crippen molar-refractivity contribution in [1.82, 2.24) is 5.32 Å². The van der Waals surface area contributed by atoms with Crippen molar-refractivity contribution >= 4 is 5.97 Å². The van der Waals surface area contributed by atoms with E-state index in [4.69, 9.17) is 9.84 Å². The zero-order valence-corrected chi connectivity index (χ0v) is 18.0. The second kappa shape index (κ2) is 14.3. The van der Waals surface area contributed by atoms with E-state index in [1.165, 1.54) is 44.1 Å². The van der Waals surface area contributed by atoms with E-state index >= 15 is 0 Å². The van der Waals surface area contributed by atoms with Crippen LogP contribution in [0.2, 0.25) is 0 Å². The topological polar surface area (TPSA) is 58.6 Å². The van der Waals surface area contributed by atoms with Crippen LogP contribution in [-0.4, -0.2) is 17.7 Å². The highest BCUT2D eigenvalue weighted by atomic mass is 16.5. The van der Waals surface area contributed by atoms with Crippen LogP contribution in [0.1, 0.15) is 68.6 Å². The highest BCUT2D eigenvalue weighted by molar-refractivity contribution is 5.68. The first-order valence-corrected chi connectivity index (χ1v) is 10.9. The van der Waals surface area contributed by atoms with E-state index in [0.29, 0.717) is 12.3 Å². The number of benzene rings is 2. The smallest absolute Gasteiger partial charge is 0.341 e. The lowest BCUT2D eigenvalue weighted by molar-refractivity contribution is -0.139. The summed E-state index contributed by atoms with van der Waals surface area (Å²) in [7, 11) is 0. The number of aliphatic carboxylic acids is 1. The van der Waals surface area contributed by atoms with Gasteiger partial charge in [-0.15, -0.1) is 0 Å². The first kappa shape index (κ1) is 23.5. The van der Waals surface area contributed by atoms with Crippen LogP contribution in [0.3, 0.4) is 0 Å². The van der Waals surface area contributed by atoms with Crippen molar-refractivity contribution in [2.45, 2.75) is 65.0 Å². The van der Waals surface area contributed by atoms with Gasteiger partial charge in [0.2, 0.25) is 0 Å². The molecule has 0 aliphatic carbocycles. The summed E-state index contributed by atoms with van der Waals surface area (Å²) >= 11 is 0. The average molecular weight is 408 g/mol. The molecule has 0 saturated heterocycles. The van der Waals surface area contributed by atoms with Crippen LogP contribution >= 0.6 is 0 Å². The molecular weight excluding hydrogens is 374 g/mol. The second-order valence-corrected chi connectivity index (χ2v) is 7.41. The largest absolute Gasteiger partial charge is 0.482 e. The maximum absolute atomic E-state index is 10.7. The van der Waals surface area contributed by atoms with Gasteiger partial charge < -0.3 is 15.2 Å². The average Bonchev–Trinajstić information content (AvgIpc) is 2.76. The van der Waals surface area contributed by atoms with Crippen LogP contribution < -0.4 is 10.1 Å². The lowest BCUT2D eigenvalue weighted by Crippen LogP contribution is -2.15. The summed E-state index contributed by atoms with van der Waals surface area (Å²) in [6.07, 6.45) is 8.75. The fraction of sp³-hybridized carbons (Fsp3) is 0.423. The Bertz CT molecular complexity index is 818. The normalized spacial score (nSPS) is 10.3. The molecule has 2 aromatic carbocycles. The minimum Gasteiger partial charge on any atom is -0.482 e. The van der Waals surface area contributed by atoms with Gasteiger partial charge in [0.25, 0.3) is 0 Å². The molecule has 0 bridgehead atoms. The molecular formula is C26H33NO3. The number of carboxylic acids is 1. The molecule has 4 heteroatoms. The van der Waals surface area contributed by atoms with Crippen molar-refractivity contribution in [1.29, 1.82) is 0 Å². The Morgan fingerprint density at radius 2 is 1.70 bits per heavy atom. The zero-order valence-electron chi connectivity index (χ0n) is 18.0. The molecule has 160 valence electrons. The number of carbonyl (C=O) groups is 1. The predicted octanol–water partition coefficient (Wildman–Crippen LogP) is 5.54.